The van der Waals surface area contributed by atoms with Crippen molar-refractivity contribution in [3.8, 4) is 0 Å². The van der Waals surface area contributed by atoms with Crippen molar-refractivity contribution >= 4 is 107 Å². The Morgan fingerprint density at radius 3 is 1.47 bits per heavy atom. The fraction of sp³-hybridized carbons (Fsp3) is 0.660. The van der Waals surface area contributed by atoms with Gasteiger partial charge in [-0.2, -0.15) is 0 Å². The second-order valence-corrected chi connectivity index (χ2v) is 22.0. The van der Waals surface area contributed by atoms with Crippen molar-refractivity contribution in [2.24, 2.45) is 50.3 Å². The van der Waals surface area contributed by atoms with Gasteiger partial charge in [0.2, 0.25) is 76.8 Å². The fourth-order valence-electron chi connectivity index (χ4n) is 8.84. The summed E-state index contributed by atoms with van der Waals surface area (Å²) in [5, 5.41) is 74.1. The average Bonchev–Trinajstić information content (AvgIpc) is 1.61. The first-order valence-electron chi connectivity index (χ1n) is 29.6. The molecule has 0 aromatic heterocycles. The standard InChI is InChI=1S/C53H90N20O21/c1-24(2)18-31(70-44(86)27(65-36(77)20-54)8-5-15-60-52(56)57)47(89)68-30(12-14-39(80)81)45(87)71-32(19-40(82)83)42(84)62-21-38(79)67-33(23-74)50(92)73-17-7-10-34(73)48(90)69-28(9-6-16-61-53(58)59)46(88)72-41(26(4)75)49(91)63-22-37(78)66-29(11-13-35(55)76)43(85)64-25(3)51(93)94/h24-34,41,74-75H,5-23,54H2,1-4H3,(H2,55,76)(H,62,84)(H,63,91)(H,64,85)(H,65,77)(H,66,78)(H,67,79)(H,68,89)(H,69,90)(H,70,86)(H,71,87)(H,72,88)(H,80,81)(H,82,83)(H,93,94)(H4,56,57,60)(H4,58,59,61)/t25-,26+,27-,28-,29-,30-,31-,32-,33-,34-,41-/m0/s1. The Labute approximate surface area is 538 Å². The van der Waals surface area contributed by atoms with Crippen LogP contribution in [-0.4, -0.2) is 249 Å². The van der Waals surface area contributed by atoms with Crippen LogP contribution in [0.3, 0.4) is 0 Å². The molecular formula is C53H90N20O21. The Balaban J connectivity index is 3.29. The Morgan fingerprint density at radius 1 is 0.521 bits per heavy atom. The molecule has 1 saturated heterocycles. The molecule has 41 nitrogen and oxygen atoms in total. The minimum Gasteiger partial charge on any atom is -0.481 e. The monoisotopic (exact) mass is 1340 g/mol. The first-order valence-corrected chi connectivity index (χ1v) is 29.6. The number of nitrogens with two attached hydrogens (primary N) is 6. The number of rotatable bonds is 44. The van der Waals surface area contributed by atoms with E-state index in [2.05, 4.69) is 68.5 Å². The second kappa shape index (κ2) is 42.2. The third-order valence-corrected chi connectivity index (χ3v) is 13.6. The summed E-state index contributed by atoms with van der Waals surface area (Å²) in [6.07, 6.45) is -5.06. The molecule has 13 amide bonds. The molecule has 1 fully saturated rings. The number of carbonyl (C=O) groups is 16. The lowest BCUT2D eigenvalue weighted by Gasteiger charge is -2.30. The Bertz CT molecular complexity index is 2760. The molecule has 528 valence electrons. The van der Waals surface area contributed by atoms with Crippen molar-refractivity contribution in [3.63, 3.8) is 0 Å². The Kier molecular flexibility index (Phi) is 36.7. The lowest BCUT2D eigenvalue weighted by atomic mass is 10.0. The summed E-state index contributed by atoms with van der Waals surface area (Å²) in [6.45, 7) is 1.87. The summed E-state index contributed by atoms with van der Waals surface area (Å²) in [5.74, 6) is -19.0. The van der Waals surface area contributed by atoms with E-state index >= 15 is 0 Å². The van der Waals surface area contributed by atoms with Gasteiger partial charge in [-0.3, -0.25) is 86.7 Å². The van der Waals surface area contributed by atoms with E-state index in [9.17, 15) is 97.1 Å². The SMILES string of the molecule is CC(C)C[C@H](NC(=O)[C@H](CCCN=C(N)N)NC(=O)CN)C(=O)N[C@@H](CCC(=O)O)C(=O)N[C@@H](CC(=O)O)C(=O)NCC(=O)N[C@@H](CO)C(=O)N1CCC[C@H]1C(=O)N[C@@H](CCCN=C(N)N)C(=O)N[C@H](C(=O)NCC(=O)N[C@@H](CCC(N)=O)C(=O)N[C@@H](C)C(=O)O)[C@@H](C)O. The van der Waals surface area contributed by atoms with Crippen molar-refractivity contribution in [3.05, 3.63) is 0 Å². The van der Waals surface area contributed by atoms with Crippen molar-refractivity contribution < 1.29 is 102 Å². The molecule has 0 bridgehead atoms. The minimum absolute atomic E-state index is 0.00391. The molecule has 0 saturated carbocycles. The van der Waals surface area contributed by atoms with Crippen LogP contribution in [0, 0.1) is 5.92 Å². The van der Waals surface area contributed by atoms with Crippen molar-refractivity contribution in [1.29, 1.82) is 0 Å². The fourth-order valence-corrected chi connectivity index (χ4v) is 8.84. The summed E-state index contributed by atoms with van der Waals surface area (Å²) >= 11 is 0. The number of hydrogen-bond donors (Lipinski definition) is 22. The molecule has 0 aromatic carbocycles. The Hall–Kier alpha value is -10.1. The highest BCUT2D eigenvalue weighted by molar-refractivity contribution is 6.00. The van der Waals surface area contributed by atoms with E-state index in [0.29, 0.717) is 0 Å². The normalized spacial score (nSPS) is 15.7. The maximum absolute atomic E-state index is 14.0. The molecule has 0 unspecified atom stereocenters. The number of carboxylic acids is 3. The molecule has 0 aromatic rings. The summed E-state index contributed by atoms with van der Waals surface area (Å²) in [7, 11) is 0. The number of aliphatic imine (C=N–C) groups is 2. The van der Waals surface area contributed by atoms with E-state index in [-0.39, 0.29) is 88.8 Å². The first kappa shape index (κ1) is 82.0. The molecule has 41 heteroatoms. The summed E-state index contributed by atoms with van der Waals surface area (Å²) < 4.78 is 0. The van der Waals surface area contributed by atoms with Gasteiger partial charge in [-0.25, -0.2) is 0 Å². The number of aliphatic hydroxyl groups is 2. The Morgan fingerprint density at radius 2 is 0.979 bits per heavy atom. The van der Waals surface area contributed by atoms with Crippen LogP contribution < -0.4 is 92.9 Å². The highest BCUT2D eigenvalue weighted by Gasteiger charge is 2.40. The number of nitrogens with one attached hydrogen (secondary N) is 11. The highest BCUT2D eigenvalue weighted by atomic mass is 16.4. The van der Waals surface area contributed by atoms with E-state index in [1.165, 1.54) is 0 Å². The quantitative estimate of drug-likeness (QED) is 0.0153. The predicted octanol–water partition coefficient (Wildman–Crippen LogP) is -11.2. The van der Waals surface area contributed by atoms with Crippen LogP contribution >= 0.6 is 0 Å². The number of primary amides is 1. The van der Waals surface area contributed by atoms with E-state index in [1.807, 2.05) is 0 Å². The molecule has 1 aliphatic heterocycles. The number of nitrogens with zero attached hydrogens (tertiary/aromatic N) is 3. The van der Waals surface area contributed by atoms with Gasteiger partial charge in [-0.05, 0) is 77.6 Å². The number of aliphatic carboxylic acids is 3. The van der Waals surface area contributed by atoms with Crippen LogP contribution in [0.2, 0.25) is 0 Å². The maximum atomic E-state index is 14.0. The zero-order valence-corrected chi connectivity index (χ0v) is 52.4. The van der Waals surface area contributed by atoms with Gasteiger partial charge in [-0.15, -0.1) is 0 Å². The van der Waals surface area contributed by atoms with E-state index in [0.717, 1.165) is 18.7 Å². The predicted molar refractivity (Wildman–Crippen MR) is 326 cm³/mol. The first-order chi connectivity index (χ1) is 44.0. The lowest BCUT2D eigenvalue weighted by molar-refractivity contribution is -0.143. The van der Waals surface area contributed by atoms with E-state index in [4.69, 9.17) is 39.5 Å². The summed E-state index contributed by atoms with van der Waals surface area (Å²) in [5.41, 5.74) is 32.2. The zero-order chi connectivity index (χ0) is 71.5. The van der Waals surface area contributed by atoms with Crippen molar-refractivity contribution in [2.45, 2.75) is 171 Å². The number of carboxylic acid groups (broad SMARTS) is 3. The van der Waals surface area contributed by atoms with Gasteiger partial charge >= 0.3 is 17.9 Å². The van der Waals surface area contributed by atoms with Gasteiger partial charge in [0.25, 0.3) is 0 Å². The number of hydrogen-bond acceptors (Lipinski definition) is 21. The second-order valence-electron chi connectivity index (χ2n) is 22.0. The molecule has 11 atom stereocenters. The number of aliphatic hydroxyl groups excluding tert-OH is 2. The molecule has 28 N–H and O–H groups in total. The third-order valence-electron chi connectivity index (χ3n) is 13.6. The average molecular weight is 1340 g/mol. The van der Waals surface area contributed by atoms with Gasteiger partial charge < -0.3 is 123 Å². The van der Waals surface area contributed by atoms with Crippen LogP contribution in [0.4, 0.5) is 0 Å². The van der Waals surface area contributed by atoms with Gasteiger partial charge in [0.05, 0.1) is 38.8 Å². The minimum atomic E-state index is -2.02. The van der Waals surface area contributed by atoms with E-state index in [1.54, 1.807) is 13.8 Å². The van der Waals surface area contributed by atoms with Crippen LogP contribution in [-0.2, 0) is 76.7 Å². The number of guanidine groups is 2. The smallest absolute Gasteiger partial charge is 0.325 e. The number of carbonyl (C=O) groups excluding carboxylic acids is 13. The molecule has 1 heterocycles. The molecule has 1 rings (SSSR count). The van der Waals surface area contributed by atoms with Crippen molar-refractivity contribution in [2.75, 3.05) is 45.9 Å². The van der Waals surface area contributed by atoms with Crippen LogP contribution in [0.5, 0.6) is 0 Å². The molecule has 0 spiro atoms. The van der Waals surface area contributed by atoms with Crippen molar-refractivity contribution in [1.82, 2.24) is 63.4 Å². The van der Waals surface area contributed by atoms with Crippen LogP contribution in [0.25, 0.3) is 0 Å². The third kappa shape index (κ3) is 31.8. The topological polar surface area (TPSA) is 691 Å². The summed E-state index contributed by atoms with van der Waals surface area (Å²) in [6, 6.07) is -16.0. The van der Waals surface area contributed by atoms with Gasteiger partial charge in [0.1, 0.15) is 60.4 Å². The number of likely N-dealkylation sites (tertiary alicyclic amines) is 1. The van der Waals surface area contributed by atoms with Gasteiger partial charge in [0.15, 0.2) is 11.9 Å². The van der Waals surface area contributed by atoms with Crippen LogP contribution in [0.15, 0.2) is 9.98 Å². The van der Waals surface area contributed by atoms with Gasteiger partial charge in [-0.1, -0.05) is 13.8 Å². The molecule has 0 aliphatic carbocycles. The lowest BCUT2D eigenvalue weighted by Crippen LogP contribution is -2.60. The summed E-state index contributed by atoms with van der Waals surface area (Å²) in [4.78, 5) is 216. The van der Waals surface area contributed by atoms with E-state index < -0.39 is 213 Å². The van der Waals surface area contributed by atoms with Crippen LogP contribution in [0.1, 0.15) is 105 Å². The zero-order valence-electron chi connectivity index (χ0n) is 52.4. The maximum Gasteiger partial charge on any atom is 0.325 e. The molecule has 1 aliphatic rings. The molecule has 0 radical (unpaired) electrons. The number of amides is 13. The molecular weight excluding hydrogens is 1250 g/mol. The largest absolute Gasteiger partial charge is 0.481 e. The highest BCUT2D eigenvalue weighted by Crippen LogP contribution is 2.20. The van der Waals surface area contributed by atoms with Gasteiger partial charge in [0, 0.05) is 32.5 Å². The molecule has 94 heavy (non-hydrogen) atoms.